The molecule has 0 saturated carbocycles. The lowest BCUT2D eigenvalue weighted by Gasteiger charge is -2.19. The van der Waals surface area contributed by atoms with Crippen LogP contribution in [0.15, 0.2) is 47.6 Å². The number of hydrogen-bond donors (Lipinski definition) is 2. The van der Waals surface area contributed by atoms with Crippen LogP contribution >= 0.6 is 0 Å². The van der Waals surface area contributed by atoms with Crippen LogP contribution in [0, 0.1) is 6.92 Å². The molecule has 25 heavy (non-hydrogen) atoms. The Hall–Kier alpha value is -2.76. The summed E-state index contributed by atoms with van der Waals surface area (Å²) in [6.45, 7) is 5.27. The van der Waals surface area contributed by atoms with Crippen molar-refractivity contribution in [2.75, 3.05) is 20.7 Å². The molecular weight excluding hydrogens is 316 g/mol. The summed E-state index contributed by atoms with van der Waals surface area (Å²) in [6, 6.07) is 11.8. The number of methoxy groups -OCH3 is 1. The number of benzene rings is 1. The Bertz CT molecular complexity index is 703. The summed E-state index contributed by atoms with van der Waals surface area (Å²) in [4.78, 5) is 8.42. The lowest BCUT2D eigenvalue weighted by Crippen LogP contribution is -2.41. The summed E-state index contributed by atoms with van der Waals surface area (Å²) in [6.07, 6.45) is 1.72. The highest BCUT2D eigenvalue weighted by atomic mass is 16.5. The molecule has 1 atom stereocenters. The van der Waals surface area contributed by atoms with E-state index >= 15 is 0 Å². The largest absolute Gasteiger partial charge is 0.489 e. The normalized spacial score (nSPS) is 12.4. The predicted octanol–water partition coefficient (Wildman–Crippen LogP) is 2.53. The minimum absolute atomic E-state index is 0.00702. The van der Waals surface area contributed by atoms with Gasteiger partial charge in [-0.15, -0.1) is 0 Å². The highest BCUT2D eigenvalue weighted by Gasteiger charge is 2.08. The van der Waals surface area contributed by atoms with Gasteiger partial charge in [-0.05, 0) is 31.5 Å². The van der Waals surface area contributed by atoms with Gasteiger partial charge in [0.15, 0.2) is 5.96 Å². The van der Waals surface area contributed by atoms with E-state index in [-0.39, 0.29) is 6.10 Å². The van der Waals surface area contributed by atoms with Crippen molar-refractivity contribution in [1.29, 1.82) is 0 Å². The maximum Gasteiger partial charge on any atom is 0.218 e. The number of aromatic nitrogens is 1. The summed E-state index contributed by atoms with van der Waals surface area (Å²) in [7, 11) is 3.35. The van der Waals surface area contributed by atoms with Crippen molar-refractivity contribution >= 4 is 5.96 Å². The number of rotatable bonds is 7. The number of aryl methyl sites for hydroxylation is 1. The second-order valence-corrected chi connectivity index (χ2v) is 5.67. The minimum atomic E-state index is 0.00702. The smallest absolute Gasteiger partial charge is 0.218 e. The average Bonchev–Trinajstić information content (AvgIpc) is 2.64. The van der Waals surface area contributed by atoms with Crippen LogP contribution in [0.3, 0.4) is 0 Å². The molecule has 6 heteroatoms. The number of nitrogens with zero attached hydrogens (tertiary/aromatic N) is 2. The summed E-state index contributed by atoms with van der Waals surface area (Å²) in [5, 5.41) is 6.52. The molecule has 6 nitrogen and oxygen atoms in total. The molecule has 0 bridgehead atoms. The average molecular weight is 342 g/mol. The summed E-state index contributed by atoms with van der Waals surface area (Å²) >= 11 is 0. The van der Waals surface area contributed by atoms with Gasteiger partial charge in [0.05, 0.1) is 13.7 Å². The zero-order valence-corrected chi connectivity index (χ0v) is 15.2. The molecule has 0 saturated heterocycles. The van der Waals surface area contributed by atoms with Gasteiger partial charge in [0, 0.05) is 25.4 Å². The Morgan fingerprint density at radius 2 is 2.00 bits per heavy atom. The standard InChI is InChI=1S/C19H26N4O2/c1-14-8-5-6-10-17(14)25-15(2)12-22-19(20-3)23-13-16-9-7-11-21-18(16)24-4/h5-11,15H,12-13H2,1-4H3,(H2,20,22,23). The topological polar surface area (TPSA) is 67.8 Å². The fourth-order valence-electron chi connectivity index (χ4n) is 2.33. The second-order valence-electron chi connectivity index (χ2n) is 5.67. The van der Waals surface area contributed by atoms with Crippen LogP contribution in [-0.4, -0.2) is 37.7 Å². The van der Waals surface area contributed by atoms with E-state index in [4.69, 9.17) is 9.47 Å². The molecule has 0 aliphatic carbocycles. The third-order valence-electron chi connectivity index (χ3n) is 3.69. The molecule has 0 radical (unpaired) electrons. The van der Waals surface area contributed by atoms with Crippen molar-refractivity contribution in [2.45, 2.75) is 26.5 Å². The van der Waals surface area contributed by atoms with E-state index in [2.05, 4.69) is 20.6 Å². The minimum Gasteiger partial charge on any atom is -0.489 e. The zero-order chi connectivity index (χ0) is 18.1. The predicted molar refractivity (Wildman–Crippen MR) is 100 cm³/mol. The molecule has 134 valence electrons. The van der Waals surface area contributed by atoms with Gasteiger partial charge in [0.25, 0.3) is 0 Å². The van der Waals surface area contributed by atoms with Gasteiger partial charge in [-0.2, -0.15) is 0 Å². The molecule has 0 fully saturated rings. The molecule has 1 heterocycles. The summed E-state index contributed by atoms with van der Waals surface area (Å²) < 4.78 is 11.2. The lowest BCUT2D eigenvalue weighted by atomic mass is 10.2. The van der Waals surface area contributed by atoms with E-state index in [9.17, 15) is 0 Å². The molecule has 2 rings (SSSR count). The van der Waals surface area contributed by atoms with Crippen molar-refractivity contribution in [3.8, 4) is 11.6 Å². The van der Waals surface area contributed by atoms with E-state index in [1.165, 1.54) is 0 Å². The fraction of sp³-hybridized carbons (Fsp3) is 0.368. The Balaban J connectivity index is 1.83. The Morgan fingerprint density at radius 1 is 1.20 bits per heavy atom. The van der Waals surface area contributed by atoms with Gasteiger partial charge in [-0.1, -0.05) is 24.3 Å². The van der Waals surface area contributed by atoms with E-state index in [1.807, 2.05) is 50.2 Å². The Labute approximate surface area is 149 Å². The van der Waals surface area contributed by atoms with Crippen LogP contribution in [0.5, 0.6) is 11.6 Å². The molecule has 1 aromatic heterocycles. The van der Waals surface area contributed by atoms with Gasteiger partial charge < -0.3 is 20.1 Å². The molecule has 0 spiro atoms. The van der Waals surface area contributed by atoms with Crippen molar-refractivity contribution in [1.82, 2.24) is 15.6 Å². The molecule has 1 aromatic carbocycles. The first-order valence-corrected chi connectivity index (χ1v) is 8.28. The third-order valence-corrected chi connectivity index (χ3v) is 3.69. The van der Waals surface area contributed by atoms with E-state index < -0.39 is 0 Å². The maximum atomic E-state index is 5.96. The third kappa shape index (κ3) is 5.67. The van der Waals surface area contributed by atoms with Crippen molar-refractivity contribution < 1.29 is 9.47 Å². The van der Waals surface area contributed by atoms with Crippen LogP contribution < -0.4 is 20.1 Å². The van der Waals surface area contributed by atoms with Crippen molar-refractivity contribution in [3.63, 3.8) is 0 Å². The van der Waals surface area contributed by atoms with Crippen molar-refractivity contribution in [2.24, 2.45) is 4.99 Å². The van der Waals surface area contributed by atoms with Gasteiger partial charge in [0.1, 0.15) is 11.9 Å². The molecule has 0 amide bonds. The van der Waals surface area contributed by atoms with Gasteiger partial charge >= 0.3 is 0 Å². The van der Waals surface area contributed by atoms with Crippen LogP contribution in [0.25, 0.3) is 0 Å². The van der Waals surface area contributed by atoms with Gasteiger partial charge in [0.2, 0.25) is 5.88 Å². The molecule has 1 unspecified atom stereocenters. The number of guanidine groups is 1. The first-order chi connectivity index (χ1) is 12.1. The highest BCUT2D eigenvalue weighted by Crippen LogP contribution is 2.17. The fourth-order valence-corrected chi connectivity index (χ4v) is 2.33. The number of ether oxygens (including phenoxy) is 2. The summed E-state index contributed by atoms with van der Waals surface area (Å²) in [5.74, 6) is 2.22. The molecule has 0 aliphatic rings. The van der Waals surface area contributed by atoms with E-state index in [1.54, 1.807) is 20.4 Å². The lowest BCUT2D eigenvalue weighted by molar-refractivity contribution is 0.222. The Morgan fingerprint density at radius 3 is 2.72 bits per heavy atom. The summed E-state index contributed by atoms with van der Waals surface area (Å²) in [5.41, 5.74) is 2.10. The first-order valence-electron chi connectivity index (χ1n) is 8.28. The quantitative estimate of drug-likeness (QED) is 0.598. The van der Waals surface area contributed by atoms with Crippen LogP contribution in [0.2, 0.25) is 0 Å². The maximum absolute atomic E-state index is 5.96. The second kappa shape index (κ2) is 9.52. The molecule has 2 N–H and O–H groups in total. The van der Waals surface area contributed by atoms with Crippen LogP contribution in [0.1, 0.15) is 18.1 Å². The number of nitrogens with one attached hydrogen (secondary N) is 2. The number of aliphatic imine (C=N–C) groups is 1. The van der Waals surface area contributed by atoms with Crippen LogP contribution in [-0.2, 0) is 6.54 Å². The van der Waals surface area contributed by atoms with Crippen LogP contribution in [0.4, 0.5) is 0 Å². The molecule has 0 aliphatic heterocycles. The number of para-hydroxylation sites is 1. The monoisotopic (exact) mass is 342 g/mol. The van der Waals surface area contributed by atoms with Gasteiger partial charge in [-0.3, -0.25) is 4.99 Å². The van der Waals surface area contributed by atoms with E-state index in [0.717, 1.165) is 16.9 Å². The number of pyridine rings is 1. The van der Waals surface area contributed by atoms with Gasteiger partial charge in [-0.25, -0.2) is 4.98 Å². The first kappa shape index (κ1) is 18.6. The number of hydrogen-bond acceptors (Lipinski definition) is 4. The van der Waals surface area contributed by atoms with Crippen molar-refractivity contribution in [3.05, 3.63) is 53.7 Å². The highest BCUT2D eigenvalue weighted by molar-refractivity contribution is 5.79. The SMILES string of the molecule is CN=C(NCc1cccnc1OC)NCC(C)Oc1ccccc1C. The Kier molecular flexibility index (Phi) is 7.07. The van der Waals surface area contributed by atoms with E-state index in [0.29, 0.717) is 24.9 Å². The molecular formula is C19H26N4O2. The zero-order valence-electron chi connectivity index (χ0n) is 15.2. The molecule has 2 aromatic rings.